The largest absolute Gasteiger partial charge is 0.475 e. The van der Waals surface area contributed by atoms with Gasteiger partial charge >= 0.3 is 5.97 Å². The van der Waals surface area contributed by atoms with Crippen LogP contribution in [0.1, 0.15) is 44.2 Å². The molecule has 1 fully saturated rings. The second-order valence-corrected chi connectivity index (χ2v) is 14.1. The van der Waals surface area contributed by atoms with Gasteiger partial charge in [-0.3, -0.25) is 9.10 Å². The van der Waals surface area contributed by atoms with Crippen LogP contribution in [0.5, 0.6) is 0 Å². The Labute approximate surface area is 276 Å². The number of thiophene rings is 1. The van der Waals surface area contributed by atoms with Crippen LogP contribution in [0.15, 0.2) is 98.0 Å². The molecule has 0 spiro atoms. The van der Waals surface area contributed by atoms with Crippen molar-refractivity contribution in [2.75, 3.05) is 28.8 Å². The van der Waals surface area contributed by atoms with Crippen molar-refractivity contribution in [3.05, 3.63) is 110 Å². The van der Waals surface area contributed by atoms with Crippen molar-refractivity contribution in [1.29, 1.82) is 0 Å². The lowest BCUT2D eigenvalue weighted by Crippen LogP contribution is -2.45. The number of carbonyl (C=O) groups is 2. The highest BCUT2D eigenvalue weighted by Crippen LogP contribution is 2.35. The number of hydrogen-bond donors (Lipinski definition) is 2. The van der Waals surface area contributed by atoms with Gasteiger partial charge in [0.25, 0.3) is 5.91 Å². The molecule has 45 heavy (non-hydrogen) atoms. The number of carboxylic acids is 1. The third-order valence-electron chi connectivity index (χ3n) is 8.09. The van der Waals surface area contributed by atoms with E-state index in [1.165, 1.54) is 11.3 Å². The molecular weight excluding hydrogens is 674 g/mol. The van der Waals surface area contributed by atoms with E-state index in [-0.39, 0.29) is 17.7 Å². The molecule has 2 N–H and O–H groups in total. The number of rotatable bonds is 10. The molecule has 2 aromatic heterocycles. The van der Waals surface area contributed by atoms with E-state index < -0.39 is 17.0 Å². The Morgan fingerprint density at radius 3 is 2.51 bits per heavy atom. The molecule has 0 saturated carbocycles. The molecule has 5 aromatic rings. The molecule has 11 heteroatoms. The average molecular weight is 707 g/mol. The van der Waals surface area contributed by atoms with Crippen molar-refractivity contribution in [2.24, 2.45) is 0 Å². The van der Waals surface area contributed by atoms with Gasteiger partial charge in [-0.2, -0.15) is 0 Å². The number of furan rings is 1. The molecule has 1 unspecified atom stereocenters. The average Bonchev–Trinajstić information content (AvgIpc) is 3.64. The fourth-order valence-electron chi connectivity index (χ4n) is 5.72. The first-order valence-electron chi connectivity index (χ1n) is 14.7. The van der Waals surface area contributed by atoms with Crippen molar-refractivity contribution in [2.45, 2.75) is 37.1 Å². The number of fused-ring (bicyclic) bond motifs is 1. The normalized spacial score (nSPS) is 14.4. The zero-order valence-corrected chi connectivity index (χ0v) is 27.8. The van der Waals surface area contributed by atoms with Crippen LogP contribution in [-0.4, -0.2) is 46.9 Å². The van der Waals surface area contributed by atoms with E-state index in [9.17, 15) is 18.9 Å². The Morgan fingerprint density at radius 1 is 1.07 bits per heavy atom. The molecule has 6 rings (SSSR count). The molecule has 1 saturated heterocycles. The van der Waals surface area contributed by atoms with Gasteiger partial charge in [0.2, 0.25) is 5.76 Å². The Morgan fingerprint density at radius 2 is 1.80 bits per heavy atom. The van der Waals surface area contributed by atoms with Gasteiger partial charge in [-0.15, -0.1) is 11.3 Å². The van der Waals surface area contributed by atoms with Gasteiger partial charge in [0.1, 0.15) is 10.5 Å². The maximum absolute atomic E-state index is 14.4. The van der Waals surface area contributed by atoms with Crippen molar-refractivity contribution in [3.63, 3.8) is 0 Å². The van der Waals surface area contributed by atoms with Crippen LogP contribution >= 0.6 is 27.3 Å². The molecule has 0 radical (unpaired) electrons. The minimum atomic E-state index is -1.60. The molecule has 232 valence electrons. The molecule has 3 aromatic carbocycles. The number of carbonyl (C=O) groups excluding carboxylic acids is 1. The number of aromatic carboxylic acids is 1. The third-order valence-corrected chi connectivity index (χ3v) is 11.4. The maximum Gasteiger partial charge on any atom is 0.372 e. The molecule has 3 heterocycles. The summed E-state index contributed by atoms with van der Waals surface area (Å²) in [6, 6.07) is 25.3. The first-order valence-corrected chi connectivity index (χ1v) is 17.5. The van der Waals surface area contributed by atoms with E-state index >= 15 is 0 Å². The number of hydrogen-bond acceptors (Lipinski definition) is 6. The number of halogens is 1. The SMILES string of the molecule is Cc1c(C(=O)O)oc2ccc(S(=O)N(CCc3ccccc3)c3ccccc3N3CCC(NC(=O)c4sccc4Br)CC3)cc12. The molecule has 0 aliphatic carbocycles. The minimum Gasteiger partial charge on any atom is -0.475 e. The predicted molar refractivity (Wildman–Crippen MR) is 183 cm³/mol. The van der Waals surface area contributed by atoms with Crippen LogP contribution in [0.3, 0.4) is 0 Å². The topological polar surface area (TPSA) is 103 Å². The summed E-state index contributed by atoms with van der Waals surface area (Å²) in [5.41, 5.74) is 3.93. The van der Waals surface area contributed by atoms with E-state index in [0.717, 1.165) is 47.3 Å². The zero-order chi connectivity index (χ0) is 31.5. The molecule has 1 atom stereocenters. The molecule has 0 bridgehead atoms. The molecular formula is C34H32BrN3O5S2. The number of nitrogens with one attached hydrogen (secondary N) is 1. The van der Waals surface area contributed by atoms with Crippen LogP contribution in [0.2, 0.25) is 0 Å². The van der Waals surface area contributed by atoms with Crippen LogP contribution < -0.4 is 14.5 Å². The van der Waals surface area contributed by atoms with Crippen LogP contribution in [0, 0.1) is 6.92 Å². The number of aryl methyl sites for hydroxylation is 1. The summed E-state index contributed by atoms with van der Waals surface area (Å²) in [5, 5.41) is 15.3. The Bertz CT molecular complexity index is 1860. The summed E-state index contributed by atoms with van der Waals surface area (Å²) in [6.45, 7) is 3.68. The summed E-state index contributed by atoms with van der Waals surface area (Å²) in [5.74, 6) is -1.30. The Kier molecular flexibility index (Phi) is 9.39. The predicted octanol–water partition coefficient (Wildman–Crippen LogP) is 7.43. The minimum absolute atomic E-state index is 0.0569. The third kappa shape index (κ3) is 6.70. The van der Waals surface area contributed by atoms with E-state index in [4.69, 9.17) is 4.42 Å². The van der Waals surface area contributed by atoms with Crippen molar-refractivity contribution in [1.82, 2.24) is 5.32 Å². The van der Waals surface area contributed by atoms with E-state index in [1.807, 2.05) is 52.1 Å². The highest BCUT2D eigenvalue weighted by Gasteiger charge is 2.27. The highest BCUT2D eigenvalue weighted by molar-refractivity contribution is 9.10. The monoisotopic (exact) mass is 705 g/mol. The van der Waals surface area contributed by atoms with Crippen LogP contribution in [0.25, 0.3) is 11.0 Å². The summed E-state index contributed by atoms with van der Waals surface area (Å²) in [7, 11) is -1.60. The first-order chi connectivity index (χ1) is 21.8. The number of para-hydroxylation sites is 2. The second kappa shape index (κ2) is 13.6. The number of benzene rings is 3. The Balaban J connectivity index is 1.27. The summed E-state index contributed by atoms with van der Waals surface area (Å²) in [6.07, 6.45) is 2.26. The summed E-state index contributed by atoms with van der Waals surface area (Å²) < 4.78 is 22.7. The van der Waals surface area contributed by atoms with Gasteiger partial charge in [0, 0.05) is 41.1 Å². The van der Waals surface area contributed by atoms with Gasteiger partial charge in [0.15, 0.2) is 11.0 Å². The quantitative estimate of drug-likeness (QED) is 0.157. The summed E-state index contributed by atoms with van der Waals surface area (Å²) >= 11 is 4.88. The lowest BCUT2D eigenvalue weighted by atomic mass is 10.0. The molecule has 1 amide bonds. The van der Waals surface area contributed by atoms with E-state index in [0.29, 0.717) is 39.3 Å². The molecule has 8 nitrogen and oxygen atoms in total. The van der Waals surface area contributed by atoms with Gasteiger partial charge < -0.3 is 19.7 Å². The number of amides is 1. The Hall–Kier alpha value is -3.93. The van der Waals surface area contributed by atoms with Crippen LogP contribution in [-0.2, 0) is 17.4 Å². The number of anilines is 2. The number of nitrogens with zero attached hydrogens (tertiary/aromatic N) is 2. The fraction of sp³-hybridized carbons (Fsp3) is 0.235. The van der Waals surface area contributed by atoms with Gasteiger partial charge in [-0.1, -0.05) is 42.5 Å². The number of piperidine rings is 1. The maximum atomic E-state index is 14.4. The lowest BCUT2D eigenvalue weighted by Gasteiger charge is -2.36. The lowest BCUT2D eigenvalue weighted by molar-refractivity contribution is 0.0663. The zero-order valence-electron chi connectivity index (χ0n) is 24.6. The molecule has 1 aliphatic heterocycles. The number of carboxylic acid groups (broad SMARTS) is 1. The van der Waals surface area contributed by atoms with Crippen molar-refractivity contribution in [3.8, 4) is 0 Å². The summed E-state index contributed by atoms with van der Waals surface area (Å²) in [4.78, 5) is 28.0. The van der Waals surface area contributed by atoms with E-state index in [2.05, 4.69) is 44.3 Å². The second-order valence-electron chi connectivity index (χ2n) is 10.9. The first kappa shape index (κ1) is 31.1. The van der Waals surface area contributed by atoms with Crippen molar-refractivity contribution >= 4 is 72.5 Å². The highest BCUT2D eigenvalue weighted by atomic mass is 79.9. The van der Waals surface area contributed by atoms with Crippen molar-refractivity contribution < 1.29 is 23.3 Å². The van der Waals surface area contributed by atoms with Gasteiger partial charge in [-0.05, 0) is 89.5 Å². The van der Waals surface area contributed by atoms with Crippen LogP contribution in [0.4, 0.5) is 11.4 Å². The smallest absolute Gasteiger partial charge is 0.372 e. The fourth-order valence-corrected chi connectivity index (χ4v) is 8.42. The van der Waals surface area contributed by atoms with Gasteiger partial charge in [0.05, 0.1) is 16.3 Å². The van der Waals surface area contributed by atoms with E-state index in [1.54, 1.807) is 25.1 Å². The standard InChI is InChI=1S/C34H32BrN3O5S2/c1-22-26-21-25(11-12-30(26)43-31(22)34(40)41)45(42)38(19-13-23-7-3-2-4-8-23)29-10-6-5-9-28(29)37-17-14-24(15-18-37)36-33(39)32-27(35)16-20-44-32/h2-12,16,20-21,24H,13-15,17-19H2,1H3,(H,36,39)(H,40,41). The molecule has 1 aliphatic rings. The van der Waals surface area contributed by atoms with Gasteiger partial charge in [-0.25, -0.2) is 9.00 Å².